The van der Waals surface area contributed by atoms with Gasteiger partial charge in [-0.15, -0.1) is 0 Å². The van der Waals surface area contributed by atoms with Gasteiger partial charge in [-0.2, -0.15) is 0 Å². The van der Waals surface area contributed by atoms with Gasteiger partial charge in [0, 0.05) is 11.2 Å². The Balaban J connectivity index is 2.22. The van der Waals surface area contributed by atoms with Gasteiger partial charge in [-0.3, -0.25) is 4.98 Å². The van der Waals surface area contributed by atoms with Gasteiger partial charge in [-0.1, -0.05) is 24.6 Å². The fourth-order valence-electron chi connectivity index (χ4n) is 1.98. The highest BCUT2D eigenvalue weighted by Crippen LogP contribution is 2.22. The molecule has 0 atom stereocenters. The van der Waals surface area contributed by atoms with Crippen molar-refractivity contribution in [1.29, 1.82) is 0 Å². The van der Waals surface area contributed by atoms with E-state index in [0.29, 0.717) is 17.3 Å². The summed E-state index contributed by atoms with van der Waals surface area (Å²) in [6.07, 6.45) is 2.61. The van der Waals surface area contributed by atoms with Gasteiger partial charge in [0.25, 0.3) is 0 Å². The Morgan fingerprint density at radius 2 is 2.20 bits per heavy atom. The number of carboxylic acid groups (broad SMARTS) is 1. The lowest BCUT2D eigenvalue weighted by atomic mass is 10.1. The Kier molecular flexibility index (Phi) is 4.58. The standard InChI is InChI=1S/C15H15ClN2O2/c1-2-10-4-3-7-17-14(10)9-18-13-8-11(16)5-6-12(13)15(19)20/h3-8,18H,2,9H2,1H3,(H,19,20). The molecule has 5 heteroatoms. The summed E-state index contributed by atoms with van der Waals surface area (Å²) in [6.45, 7) is 2.52. The van der Waals surface area contributed by atoms with E-state index in [1.54, 1.807) is 18.3 Å². The number of aromatic carboxylic acids is 1. The molecule has 2 aromatic rings. The molecule has 2 rings (SSSR count). The van der Waals surface area contributed by atoms with E-state index >= 15 is 0 Å². The number of aromatic nitrogens is 1. The second kappa shape index (κ2) is 6.39. The molecule has 104 valence electrons. The molecule has 20 heavy (non-hydrogen) atoms. The number of nitrogens with one attached hydrogen (secondary N) is 1. The van der Waals surface area contributed by atoms with Crippen molar-refractivity contribution in [3.8, 4) is 0 Å². The Bertz CT molecular complexity index is 629. The number of anilines is 1. The zero-order valence-electron chi connectivity index (χ0n) is 11.1. The first kappa shape index (κ1) is 14.3. The fraction of sp³-hybridized carbons (Fsp3) is 0.200. The van der Waals surface area contributed by atoms with Crippen LogP contribution in [-0.4, -0.2) is 16.1 Å². The Hall–Kier alpha value is -2.07. The minimum atomic E-state index is -0.985. The summed E-state index contributed by atoms with van der Waals surface area (Å²) < 4.78 is 0. The topological polar surface area (TPSA) is 62.2 Å². The lowest BCUT2D eigenvalue weighted by molar-refractivity contribution is 0.0698. The van der Waals surface area contributed by atoms with Crippen LogP contribution in [0.15, 0.2) is 36.5 Å². The number of carbonyl (C=O) groups is 1. The number of hydrogen-bond acceptors (Lipinski definition) is 3. The van der Waals surface area contributed by atoms with Crippen LogP contribution >= 0.6 is 11.6 Å². The number of pyridine rings is 1. The normalized spacial score (nSPS) is 10.3. The molecule has 0 amide bonds. The van der Waals surface area contributed by atoms with Crippen molar-refractivity contribution in [3.63, 3.8) is 0 Å². The molecule has 0 saturated carbocycles. The molecule has 0 aliphatic heterocycles. The summed E-state index contributed by atoms with van der Waals surface area (Å²) in [7, 11) is 0. The monoisotopic (exact) mass is 290 g/mol. The molecule has 1 aromatic carbocycles. The maximum absolute atomic E-state index is 11.2. The van der Waals surface area contributed by atoms with Crippen LogP contribution < -0.4 is 5.32 Å². The highest BCUT2D eigenvalue weighted by molar-refractivity contribution is 6.31. The van der Waals surface area contributed by atoms with Gasteiger partial charge in [-0.25, -0.2) is 4.79 Å². The molecule has 4 nitrogen and oxygen atoms in total. The van der Waals surface area contributed by atoms with Crippen molar-refractivity contribution in [2.24, 2.45) is 0 Å². The summed E-state index contributed by atoms with van der Waals surface area (Å²) in [5.74, 6) is -0.985. The van der Waals surface area contributed by atoms with E-state index in [1.165, 1.54) is 6.07 Å². The molecule has 0 fully saturated rings. The van der Waals surface area contributed by atoms with Crippen molar-refractivity contribution in [2.75, 3.05) is 5.32 Å². The van der Waals surface area contributed by atoms with Gasteiger partial charge in [0.15, 0.2) is 0 Å². The maximum atomic E-state index is 11.2. The Morgan fingerprint density at radius 3 is 2.90 bits per heavy atom. The Labute approximate surface area is 122 Å². The van der Waals surface area contributed by atoms with Crippen LogP contribution in [-0.2, 0) is 13.0 Å². The van der Waals surface area contributed by atoms with Crippen LogP contribution in [0.4, 0.5) is 5.69 Å². The third kappa shape index (κ3) is 3.27. The molecule has 0 saturated heterocycles. The van der Waals surface area contributed by atoms with Crippen molar-refractivity contribution < 1.29 is 9.90 Å². The van der Waals surface area contributed by atoms with Crippen LogP contribution in [0.5, 0.6) is 0 Å². The molecular formula is C15H15ClN2O2. The van der Waals surface area contributed by atoms with E-state index in [0.717, 1.165) is 17.7 Å². The van der Waals surface area contributed by atoms with Crippen LogP contribution in [0.2, 0.25) is 5.02 Å². The van der Waals surface area contributed by atoms with E-state index in [4.69, 9.17) is 16.7 Å². The second-order valence-corrected chi connectivity index (χ2v) is 4.75. The average Bonchev–Trinajstić information content (AvgIpc) is 2.45. The minimum absolute atomic E-state index is 0.198. The van der Waals surface area contributed by atoms with Gasteiger partial charge in [0.2, 0.25) is 0 Å². The molecule has 0 aliphatic carbocycles. The zero-order chi connectivity index (χ0) is 14.5. The summed E-state index contributed by atoms with van der Waals surface area (Å²) in [6, 6.07) is 8.57. The number of hydrogen-bond donors (Lipinski definition) is 2. The van der Waals surface area contributed by atoms with Crippen LogP contribution in [0.1, 0.15) is 28.5 Å². The van der Waals surface area contributed by atoms with E-state index in [1.807, 2.05) is 12.1 Å². The molecule has 0 unspecified atom stereocenters. The first-order valence-corrected chi connectivity index (χ1v) is 6.69. The molecule has 0 radical (unpaired) electrons. The predicted octanol–water partition coefficient (Wildman–Crippen LogP) is 3.61. The summed E-state index contributed by atoms with van der Waals surface area (Å²) in [5.41, 5.74) is 2.74. The number of rotatable bonds is 5. The van der Waals surface area contributed by atoms with Crippen molar-refractivity contribution in [2.45, 2.75) is 19.9 Å². The van der Waals surface area contributed by atoms with E-state index < -0.39 is 5.97 Å². The Morgan fingerprint density at radius 1 is 1.40 bits per heavy atom. The van der Waals surface area contributed by atoms with Crippen molar-refractivity contribution in [3.05, 3.63) is 58.4 Å². The molecule has 0 bridgehead atoms. The second-order valence-electron chi connectivity index (χ2n) is 4.31. The third-order valence-electron chi connectivity index (χ3n) is 3.02. The maximum Gasteiger partial charge on any atom is 0.337 e. The fourth-order valence-corrected chi connectivity index (χ4v) is 2.15. The van der Waals surface area contributed by atoms with E-state index in [2.05, 4.69) is 17.2 Å². The number of aryl methyl sites for hydroxylation is 1. The minimum Gasteiger partial charge on any atom is -0.478 e. The van der Waals surface area contributed by atoms with Crippen LogP contribution in [0, 0.1) is 0 Å². The van der Waals surface area contributed by atoms with Crippen molar-refractivity contribution in [1.82, 2.24) is 4.98 Å². The highest BCUT2D eigenvalue weighted by atomic mass is 35.5. The van der Waals surface area contributed by atoms with Gasteiger partial charge >= 0.3 is 5.97 Å². The quantitative estimate of drug-likeness (QED) is 0.883. The highest BCUT2D eigenvalue weighted by Gasteiger charge is 2.11. The zero-order valence-corrected chi connectivity index (χ0v) is 11.8. The number of carboxylic acids is 1. The molecule has 1 heterocycles. The van der Waals surface area contributed by atoms with E-state index in [-0.39, 0.29) is 5.56 Å². The summed E-state index contributed by atoms with van der Waals surface area (Å²) in [4.78, 5) is 15.5. The van der Waals surface area contributed by atoms with Gasteiger partial charge < -0.3 is 10.4 Å². The number of benzene rings is 1. The SMILES string of the molecule is CCc1cccnc1CNc1cc(Cl)ccc1C(=O)O. The molecule has 2 N–H and O–H groups in total. The van der Waals surface area contributed by atoms with E-state index in [9.17, 15) is 4.79 Å². The molecule has 0 aliphatic rings. The van der Waals surface area contributed by atoms with Gasteiger partial charge in [-0.05, 0) is 36.2 Å². The molecule has 1 aromatic heterocycles. The average molecular weight is 291 g/mol. The van der Waals surface area contributed by atoms with Gasteiger partial charge in [0.1, 0.15) is 0 Å². The van der Waals surface area contributed by atoms with Gasteiger partial charge in [0.05, 0.1) is 23.5 Å². The van der Waals surface area contributed by atoms with Crippen molar-refractivity contribution >= 4 is 23.3 Å². The predicted molar refractivity (Wildman–Crippen MR) is 79.4 cm³/mol. The summed E-state index contributed by atoms with van der Waals surface area (Å²) >= 11 is 5.91. The number of nitrogens with zero attached hydrogens (tertiary/aromatic N) is 1. The smallest absolute Gasteiger partial charge is 0.337 e. The van der Waals surface area contributed by atoms with Crippen LogP contribution in [0.25, 0.3) is 0 Å². The lowest BCUT2D eigenvalue weighted by Gasteiger charge is -2.11. The van der Waals surface area contributed by atoms with Crippen LogP contribution in [0.3, 0.4) is 0 Å². The first-order chi connectivity index (χ1) is 9.61. The molecule has 0 spiro atoms. The third-order valence-corrected chi connectivity index (χ3v) is 3.26. The first-order valence-electron chi connectivity index (χ1n) is 6.31. The lowest BCUT2D eigenvalue weighted by Crippen LogP contribution is -2.09. The summed E-state index contributed by atoms with van der Waals surface area (Å²) in [5, 5.41) is 12.7. The largest absolute Gasteiger partial charge is 0.478 e. The number of halogens is 1. The molecular weight excluding hydrogens is 276 g/mol.